The SMILES string of the molecule is CC[C@H](N)c1ccc2cccnc2n1. The number of pyridine rings is 2. The van der Waals surface area contributed by atoms with Crippen molar-refractivity contribution in [1.29, 1.82) is 0 Å². The summed E-state index contributed by atoms with van der Waals surface area (Å²) in [6.07, 6.45) is 2.64. The highest BCUT2D eigenvalue weighted by Crippen LogP contribution is 2.15. The molecule has 0 aromatic carbocycles. The number of rotatable bonds is 2. The molecule has 2 aromatic heterocycles. The van der Waals surface area contributed by atoms with Crippen LogP contribution in [0.2, 0.25) is 0 Å². The topological polar surface area (TPSA) is 51.8 Å². The zero-order chi connectivity index (χ0) is 9.97. The van der Waals surface area contributed by atoms with Crippen LogP contribution >= 0.6 is 0 Å². The summed E-state index contributed by atoms with van der Waals surface area (Å²) in [4.78, 5) is 8.60. The van der Waals surface area contributed by atoms with Crippen LogP contribution in [0.1, 0.15) is 25.1 Å². The summed E-state index contributed by atoms with van der Waals surface area (Å²) in [5, 5.41) is 1.06. The number of hydrogen-bond donors (Lipinski definition) is 1. The lowest BCUT2D eigenvalue weighted by atomic mass is 10.1. The van der Waals surface area contributed by atoms with E-state index in [0.29, 0.717) is 0 Å². The second-order valence-corrected chi connectivity index (χ2v) is 3.30. The Morgan fingerprint density at radius 3 is 3.00 bits per heavy atom. The maximum absolute atomic E-state index is 5.90. The van der Waals surface area contributed by atoms with E-state index in [9.17, 15) is 0 Å². The molecular weight excluding hydrogens is 174 g/mol. The van der Waals surface area contributed by atoms with Gasteiger partial charge in [0.05, 0.1) is 5.69 Å². The average Bonchev–Trinajstić information content (AvgIpc) is 2.27. The molecule has 2 rings (SSSR count). The first-order valence-electron chi connectivity index (χ1n) is 4.78. The second-order valence-electron chi connectivity index (χ2n) is 3.30. The van der Waals surface area contributed by atoms with Crippen molar-refractivity contribution in [3.63, 3.8) is 0 Å². The van der Waals surface area contributed by atoms with Crippen LogP contribution in [0.3, 0.4) is 0 Å². The molecule has 3 nitrogen and oxygen atoms in total. The molecule has 0 spiro atoms. The van der Waals surface area contributed by atoms with Crippen molar-refractivity contribution in [2.45, 2.75) is 19.4 Å². The highest BCUT2D eigenvalue weighted by atomic mass is 14.9. The minimum Gasteiger partial charge on any atom is -0.323 e. The molecule has 2 heterocycles. The molecule has 72 valence electrons. The molecule has 1 atom stereocenters. The van der Waals surface area contributed by atoms with Crippen molar-refractivity contribution in [2.24, 2.45) is 5.73 Å². The Morgan fingerprint density at radius 1 is 1.36 bits per heavy atom. The third-order valence-electron chi connectivity index (χ3n) is 2.31. The fourth-order valence-corrected chi connectivity index (χ4v) is 1.38. The average molecular weight is 187 g/mol. The molecule has 0 fully saturated rings. The first-order valence-corrected chi connectivity index (χ1v) is 4.78. The predicted octanol–water partition coefficient (Wildman–Crippen LogP) is 2.04. The van der Waals surface area contributed by atoms with Crippen molar-refractivity contribution < 1.29 is 0 Å². The third-order valence-corrected chi connectivity index (χ3v) is 2.31. The maximum atomic E-state index is 5.90. The Morgan fingerprint density at radius 2 is 2.21 bits per heavy atom. The largest absolute Gasteiger partial charge is 0.323 e. The van der Waals surface area contributed by atoms with Crippen LogP contribution in [0.5, 0.6) is 0 Å². The lowest BCUT2D eigenvalue weighted by Gasteiger charge is -2.07. The van der Waals surface area contributed by atoms with Gasteiger partial charge in [0.15, 0.2) is 5.65 Å². The smallest absolute Gasteiger partial charge is 0.159 e. The van der Waals surface area contributed by atoms with Gasteiger partial charge in [-0.1, -0.05) is 6.92 Å². The van der Waals surface area contributed by atoms with Gasteiger partial charge in [-0.3, -0.25) is 0 Å². The van der Waals surface area contributed by atoms with E-state index < -0.39 is 0 Å². The van der Waals surface area contributed by atoms with E-state index in [4.69, 9.17) is 5.73 Å². The molecule has 0 amide bonds. The van der Waals surface area contributed by atoms with E-state index in [-0.39, 0.29) is 6.04 Å². The number of hydrogen-bond acceptors (Lipinski definition) is 3. The van der Waals surface area contributed by atoms with Gasteiger partial charge in [0, 0.05) is 17.6 Å². The normalized spacial score (nSPS) is 13.0. The van der Waals surface area contributed by atoms with Crippen molar-refractivity contribution in [3.05, 3.63) is 36.2 Å². The minimum atomic E-state index is 0.0152. The molecule has 0 aliphatic carbocycles. The second kappa shape index (κ2) is 3.72. The van der Waals surface area contributed by atoms with Gasteiger partial charge in [-0.25, -0.2) is 9.97 Å². The molecule has 0 saturated carbocycles. The molecule has 3 heteroatoms. The first kappa shape index (κ1) is 9.09. The van der Waals surface area contributed by atoms with Crippen LogP contribution in [-0.4, -0.2) is 9.97 Å². The van der Waals surface area contributed by atoms with Gasteiger partial charge >= 0.3 is 0 Å². The molecule has 2 N–H and O–H groups in total. The summed E-state index contributed by atoms with van der Waals surface area (Å²) in [6.45, 7) is 2.05. The molecular formula is C11H13N3. The molecule has 0 saturated heterocycles. The maximum Gasteiger partial charge on any atom is 0.159 e. The molecule has 14 heavy (non-hydrogen) atoms. The van der Waals surface area contributed by atoms with Crippen LogP contribution in [0.15, 0.2) is 30.5 Å². The van der Waals surface area contributed by atoms with Crippen LogP contribution in [0, 0.1) is 0 Å². The summed E-state index contributed by atoms with van der Waals surface area (Å²) >= 11 is 0. The van der Waals surface area contributed by atoms with Gasteiger partial charge < -0.3 is 5.73 Å². The van der Waals surface area contributed by atoms with Gasteiger partial charge in [-0.05, 0) is 30.7 Å². The third kappa shape index (κ3) is 1.59. The lowest BCUT2D eigenvalue weighted by Crippen LogP contribution is -2.10. The summed E-state index contributed by atoms with van der Waals surface area (Å²) < 4.78 is 0. The quantitative estimate of drug-likeness (QED) is 0.782. The highest BCUT2D eigenvalue weighted by Gasteiger charge is 2.05. The van der Waals surface area contributed by atoms with Crippen molar-refractivity contribution >= 4 is 11.0 Å². The highest BCUT2D eigenvalue weighted by molar-refractivity contribution is 5.74. The summed E-state index contributed by atoms with van der Waals surface area (Å²) in [6, 6.07) is 7.90. The monoisotopic (exact) mass is 187 g/mol. The first-order chi connectivity index (χ1) is 6.81. The van der Waals surface area contributed by atoms with Gasteiger partial charge in [-0.15, -0.1) is 0 Å². The Labute approximate surface area is 83.0 Å². The Hall–Kier alpha value is -1.48. The van der Waals surface area contributed by atoms with Crippen LogP contribution in [-0.2, 0) is 0 Å². The fourth-order valence-electron chi connectivity index (χ4n) is 1.38. The Balaban J connectivity index is 2.51. The fraction of sp³-hybridized carbons (Fsp3) is 0.273. The Kier molecular flexibility index (Phi) is 2.41. The summed E-state index contributed by atoms with van der Waals surface area (Å²) in [7, 11) is 0. The molecule has 0 bridgehead atoms. The summed E-state index contributed by atoms with van der Waals surface area (Å²) in [5.41, 5.74) is 7.58. The van der Waals surface area contributed by atoms with Crippen LogP contribution < -0.4 is 5.73 Å². The van der Waals surface area contributed by atoms with Gasteiger partial charge in [0.1, 0.15) is 0 Å². The number of nitrogens with zero attached hydrogens (tertiary/aromatic N) is 2. The van der Waals surface area contributed by atoms with E-state index in [1.54, 1.807) is 6.20 Å². The summed E-state index contributed by atoms with van der Waals surface area (Å²) in [5.74, 6) is 0. The zero-order valence-electron chi connectivity index (χ0n) is 8.14. The number of nitrogens with two attached hydrogens (primary N) is 1. The lowest BCUT2D eigenvalue weighted by molar-refractivity contribution is 0.678. The van der Waals surface area contributed by atoms with Crippen molar-refractivity contribution in [3.8, 4) is 0 Å². The van der Waals surface area contributed by atoms with Crippen molar-refractivity contribution in [2.75, 3.05) is 0 Å². The van der Waals surface area contributed by atoms with Gasteiger partial charge in [0.2, 0.25) is 0 Å². The van der Waals surface area contributed by atoms with Crippen LogP contribution in [0.4, 0.5) is 0 Å². The van der Waals surface area contributed by atoms with Crippen LogP contribution in [0.25, 0.3) is 11.0 Å². The van der Waals surface area contributed by atoms with E-state index in [2.05, 4.69) is 16.9 Å². The standard InChI is InChI=1S/C11H13N3/c1-2-9(12)10-6-5-8-4-3-7-13-11(8)14-10/h3-7,9H,2,12H2,1H3/t9-/m0/s1. The van der Waals surface area contributed by atoms with E-state index in [0.717, 1.165) is 23.1 Å². The molecule has 0 radical (unpaired) electrons. The Bertz CT molecular complexity index is 439. The van der Waals surface area contributed by atoms with E-state index in [1.165, 1.54) is 0 Å². The minimum absolute atomic E-state index is 0.0152. The number of fused-ring (bicyclic) bond motifs is 1. The van der Waals surface area contributed by atoms with Gasteiger partial charge in [0.25, 0.3) is 0 Å². The number of aromatic nitrogens is 2. The van der Waals surface area contributed by atoms with E-state index in [1.807, 2.05) is 24.3 Å². The van der Waals surface area contributed by atoms with Crippen molar-refractivity contribution in [1.82, 2.24) is 9.97 Å². The zero-order valence-corrected chi connectivity index (χ0v) is 8.14. The predicted molar refractivity (Wildman–Crippen MR) is 56.8 cm³/mol. The van der Waals surface area contributed by atoms with Gasteiger partial charge in [-0.2, -0.15) is 0 Å². The molecule has 0 unspecified atom stereocenters. The van der Waals surface area contributed by atoms with E-state index >= 15 is 0 Å². The molecule has 0 aliphatic heterocycles. The molecule has 0 aliphatic rings. The molecule has 2 aromatic rings.